The Bertz CT molecular complexity index is 970. The van der Waals surface area contributed by atoms with Crippen molar-refractivity contribution in [3.8, 4) is 0 Å². The van der Waals surface area contributed by atoms with Crippen molar-refractivity contribution in [2.75, 3.05) is 38.2 Å². The molecule has 2 aromatic heterocycles. The number of thiophene rings is 1. The third kappa shape index (κ3) is 6.09. The van der Waals surface area contributed by atoms with E-state index in [2.05, 4.69) is 20.4 Å². The van der Waals surface area contributed by atoms with Crippen LogP contribution in [-0.4, -0.2) is 66.6 Å². The lowest BCUT2D eigenvalue weighted by Crippen LogP contribution is -2.41. The topological polar surface area (TPSA) is 127 Å². The van der Waals surface area contributed by atoms with Gasteiger partial charge in [-0.1, -0.05) is 0 Å². The number of carbonyl (C=O) groups is 4. The monoisotopic (exact) mass is 446 g/mol. The second-order valence-electron chi connectivity index (χ2n) is 6.50. The largest absolute Gasteiger partial charge is 0.450 e. The number of morpholine rings is 1. The van der Waals surface area contributed by atoms with Crippen LogP contribution in [0.5, 0.6) is 0 Å². The smallest absolute Gasteiger partial charge is 0.414 e. The number of pyridine rings is 1. The third-order valence-corrected chi connectivity index (χ3v) is 5.23. The highest BCUT2D eigenvalue weighted by molar-refractivity contribution is 7.14. The molecule has 0 radical (unpaired) electrons. The number of rotatable bonds is 6. The first-order valence-electron chi connectivity index (χ1n) is 9.65. The van der Waals surface area contributed by atoms with Gasteiger partial charge in [0.05, 0.1) is 37.5 Å². The van der Waals surface area contributed by atoms with Crippen molar-refractivity contribution in [2.24, 2.45) is 0 Å². The van der Waals surface area contributed by atoms with Gasteiger partial charge in [0.25, 0.3) is 11.8 Å². The maximum absolute atomic E-state index is 12.7. The molecule has 0 atom stereocenters. The van der Waals surface area contributed by atoms with Crippen molar-refractivity contribution >= 4 is 40.2 Å². The fourth-order valence-corrected chi connectivity index (χ4v) is 3.66. The molecule has 0 aromatic carbocycles. The van der Waals surface area contributed by atoms with Crippen LogP contribution in [0.2, 0.25) is 0 Å². The molecule has 1 aliphatic rings. The van der Waals surface area contributed by atoms with E-state index in [4.69, 9.17) is 4.74 Å². The zero-order chi connectivity index (χ0) is 22.2. The van der Waals surface area contributed by atoms with Crippen molar-refractivity contribution in [2.45, 2.75) is 13.3 Å². The zero-order valence-corrected chi connectivity index (χ0v) is 17.7. The first kappa shape index (κ1) is 22.4. The average Bonchev–Trinajstić information content (AvgIpc) is 3.23. The van der Waals surface area contributed by atoms with Crippen LogP contribution >= 0.6 is 11.3 Å². The summed E-state index contributed by atoms with van der Waals surface area (Å²) in [6, 6.07) is 4.55. The van der Waals surface area contributed by atoms with E-state index in [0.717, 1.165) is 11.3 Å². The van der Waals surface area contributed by atoms with E-state index in [1.54, 1.807) is 23.3 Å². The fourth-order valence-electron chi connectivity index (χ4n) is 2.88. The summed E-state index contributed by atoms with van der Waals surface area (Å²) in [6.07, 6.45) is 0.673. The molecule has 4 amide bonds. The Labute approximate surface area is 182 Å². The number of hydrogen-bond acceptors (Lipinski definition) is 8. The predicted octanol–water partition coefficient (Wildman–Crippen LogP) is 1.68. The molecule has 0 bridgehead atoms. The molecule has 3 heterocycles. The lowest BCUT2D eigenvalue weighted by Gasteiger charge is -2.26. The molecule has 2 N–H and O–H groups in total. The lowest BCUT2D eigenvalue weighted by atomic mass is 10.1. The molecule has 0 aliphatic carbocycles. The van der Waals surface area contributed by atoms with Gasteiger partial charge in [-0.15, -0.1) is 11.3 Å². The second kappa shape index (κ2) is 10.6. The van der Waals surface area contributed by atoms with Gasteiger partial charge in [0, 0.05) is 24.8 Å². The molecule has 2 aromatic rings. The molecule has 0 saturated carbocycles. The van der Waals surface area contributed by atoms with Gasteiger partial charge in [0.1, 0.15) is 5.00 Å². The number of imide groups is 1. The van der Waals surface area contributed by atoms with Crippen molar-refractivity contribution < 1.29 is 28.7 Å². The number of carbonyl (C=O) groups excluding carboxylic acids is 4. The van der Waals surface area contributed by atoms with Gasteiger partial charge in [-0.25, -0.2) is 4.79 Å². The minimum Gasteiger partial charge on any atom is -0.450 e. The van der Waals surface area contributed by atoms with Gasteiger partial charge in [-0.05, 0) is 30.5 Å². The molecule has 0 unspecified atom stereocenters. The standard InChI is InChI=1S/C20H22N4O6S/c1-2-30-20(28)23-18(27)15-4-10-31-19(15)22-17(26)13-3-5-21-14(11-13)12-16(25)24-6-8-29-9-7-24/h3-5,10-11H,2,6-9,12H2,1H3,(H,22,26)(H,23,27,28). The van der Waals surface area contributed by atoms with Crippen LogP contribution in [-0.2, 0) is 20.7 Å². The Morgan fingerprint density at radius 3 is 2.71 bits per heavy atom. The van der Waals surface area contributed by atoms with Crippen LogP contribution in [0.25, 0.3) is 0 Å². The van der Waals surface area contributed by atoms with Gasteiger partial charge >= 0.3 is 6.09 Å². The summed E-state index contributed by atoms with van der Waals surface area (Å²) in [5, 5.41) is 6.66. The van der Waals surface area contributed by atoms with Crippen LogP contribution in [0.1, 0.15) is 33.3 Å². The minimum absolute atomic E-state index is 0.0767. The number of nitrogens with zero attached hydrogens (tertiary/aromatic N) is 2. The summed E-state index contributed by atoms with van der Waals surface area (Å²) in [6.45, 7) is 3.84. The van der Waals surface area contributed by atoms with Crippen LogP contribution in [0.3, 0.4) is 0 Å². The molecular formula is C20H22N4O6S. The van der Waals surface area contributed by atoms with Gasteiger partial charge in [0.2, 0.25) is 5.91 Å². The Balaban J connectivity index is 1.64. The Hall–Kier alpha value is -3.31. The van der Waals surface area contributed by atoms with Crippen molar-refractivity contribution in [3.05, 3.63) is 46.6 Å². The van der Waals surface area contributed by atoms with Crippen LogP contribution < -0.4 is 10.6 Å². The van der Waals surface area contributed by atoms with Crippen LogP contribution in [0.15, 0.2) is 29.8 Å². The predicted molar refractivity (Wildman–Crippen MR) is 112 cm³/mol. The number of hydrogen-bond donors (Lipinski definition) is 2. The minimum atomic E-state index is -0.861. The molecule has 31 heavy (non-hydrogen) atoms. The highest BCUT2D eigenvalue weighted by atomic mass is 32.1. The quantitative estimate of drug-likeness (QED) is 0.691. The number of anilines is 1. The molecule has 1 saturated heterocycles. The summed E-state index contributed by atoms with van der Waals surface area (Å²) in [5.74, 6) is -1.22. The van der Waals surface area contributed by atoms with Gasteiger partial charge < -0.3 is 19.7 Å². The zero-order valence-electron chi connectivity index (χ0n) is 16.9. The second-order valence-corrected chi connectivity index (χ2v) is 7.41. The Morgan fingerprint density at radius 1 is 1.19 bits per heavy atom. The Morgan fingerprint density at radius 2 is 1.97 bits per heavy atom. The van der Waals surface area contributed by atoms with Crippen molar-refractivity contribution in [1.82, 2.24) is 15.2 Å². The molecule has 1 aliphatic heterocycles. The molecule has 1 fully saturated rings. The first-order valence-corrected chi connectivity index (χ1v) is 10.5. The fraction of sp³-hybridized carbons (Fsp3) is 0.350. The van der Waals surface area contributed by atoms with Crippen molar-refractivity contribution in [3.63, 3.8) is 0 Å². The third-order valence-electron chi connectivity index (χ3n) is 4.40. The summed E-state index contributed by atoms with van der Waals surface area (Å²) < 4.78 is 9.93. The number of amides is 4. The molecule has 11 heteroatoms. The summed E-state index contributed by atoms with van der Waals surface area (Å²) in [4.78, 5) is 54.7. The van der Waals surface area contributed by atoms with Crippen molar-refractivity contribution in [1.29, 1.82) is 0 Å². The maximum atomic E-state index is 12.7. The number of alkyl carbamates (subject to hydrolysis) is 1. The number of nitrogens with one attached hydrogen (secondary N) is 2. The highest BCUT2D eigenvalue weighted by Gasteiger charge is 2.20. The van der Waals surface area contributed by atoms with Gasteiger partial charge in [-0.2, -0.15) is 0 Å². The SMILES string of the molecule is CCOC(=O)NC(=O)c1ccsc1NC(=O)c1ccnc(CC(=O)N2CCOCC2)c1. The summed E-state index contributed by atoms with van der Waals surface area (Å²) >= 11 is 1.14. The summed E-state index contributed by atoms with van der Waals surface area (Å²) in [5.41, 5.74) is 0.906. The molecule has 10 nitrogen and oxygen atoms in total. The first-order chi connectivity index (χ1) is 15.0. The van der Waals surface area contributed by atoms with E-state index in [1.165, 1.54) is 18.3 Å². The van der Waals surface area contributed by atoms with E-state index in [1.807, 2.05) is 0 Å². The maximum Gasteiger partial charge on any atom is 0.414 e. The average molecular weight is 446 g/mol. The normalized spacial score (nSPS) is 13.4. The van der Waals surface area contributed by atoms with Gasteiger partial charge in [0.15, 0.2) is 0 Å². The van der Waals surface area contributed by atoms with Gasteiger partial charge in [-0.3, -0.25) is 24.7 Å². The molecule has 0 spiro atoms. The lowest BCUT2D eigenvalue weighted by molar-refractivity contribution is -0.134. The van der Waals surface area contributed by atoms with E-state index in [0.29, 0.717) is 37.6 Å². The van der Waals surface area contributed by atoms with Crippen LogP contribution in [0, 0.1) is 0 Å². The van der Waals surface area contributed by atoms with E-state index in [9.17, 15) is 19.2 Å². The molecule has 3 rings (SSSR count). The number of aromatic nitrogens is 1. The highest BCUT2D eigenvalue weighted by Crippen LogP contribution is 2.24. The number of ether oxygens (including phenoxy) is 2. The molecular weight excluding hydrogens is 424 g/mol. The Kier molecular flexibility index (Phi) is 7.68. The molecule has 164 valence electrons. The van der Waals surface area contributed by atoms with E-state index >= 15 is 0 Å². The van der Waals surface area contributed by atoms with E-state index in [-0.39, 0.29) is 29.5 Å². The summed E-state index contributed by atoms with van der Waals surface area (Å²) in [7, 11) is 0. The van der Waals surface area contributed by atoms with Crippen LogP contribution in [0.4, 0.5) is 9.80 Å². The van der Waals surface area contributed by atoms with E-state index < -0.39 is 17.9 Å².